The van der Waals surface area contributed by atoms with Gasteiger partial charge < -0.3 is 15.4 Å². The van der Waals surface area contributed by atoms with Crippen LogP contribution in [0, 0.1) is 0 Å². The summed E-state index contributed by atoms with van der Waals surface area (Å²) in [5.41, 5.74) is -0.913. The van der Waals surface area contributed by atoms with Crippen molar-refractivity contribution in [1.82, 2.24) is 19.5 Å². The molecule has 0 saturated heterocycles. The lowest BCUT2D eigenvalue weighted by Crippen LogP contribution is -2.28. The summed E-state index contributed by atoms with van der Waals surface area (Å²) in [7, 11) is 1.45. The Hall–Kier alpha value is -2.58. The van der Waals surface area contributed by atoms with Crippen molar-refractivity contribution in [2.24, 2.45) is 7.05 Å². The molecular formula is C8H9N5O4. The predicted octanol–water partition coefficient (Wildman–Crippen LogP) is -1.55. The summed E-state index contributed by atoms with van der Waals surface area (Å²) in [6, 6.07) is 0. The number of fused-ring (bicyclic) bond motifs is 1. The number of aromatic amines is 2. The van der Waals surface area contributed by atoms with Gasteiger partial charge in [0.1, 0.15) is 6.54 Å². The summed E-state index contributed by atoms with van der Waals surface area (Å²) in [5, 5.41) is 10.9. The Kier molecular flexibility index (Phi) is 2.42. The van der Waals surface area contributed by atoms with Gasteiger partial charge in [0.2, 0.25) is 5.95 Å². The normalized spacial score (nSPS) is 10.6. The van der Waals surface area contributed by atoms with E-state index in [0.717, 1.165) is 4.57 Å². The highest BCUT2D eigenvalue weighted by atomic mass is 16.4. The maximum absolute atomic E-state index is 11.4. The Morgan fingerprint density at radius 2 is 2.18 bits per heavy atom. The molecule has 0 aliphatic heterocycles. The number of hydrogen-bond acceptors (Lipinski definition) is 5. The third-order valence-corrected chi connectivity index (χ3v) is 2.16. The number of aryl methyl sites for hydroxylation is 1. The van der Waals surface area contributed by atoms with Crippen LogP contribution in [0.1, 0.15) is 0 Å². The third-order valence-electron chi connectivity index (χ3n) is 2.16. The first-order valence-corrected chi connectivity index (χ1v) is 4.63. The van der Waals surface area contributed by atoms with Crippen LogP contribution in [0.15, 0.2) is 9.59 Å². The smallest absolute Gasteiger partial charge is 0.329 e. The molecule has 0 aliphatic rings. The van der Waals surface area contributed by atoms with Crippen LogP contribution in [0.5, 0.6) is 0 Å². The molecule has 2 aromatic rings. The van der Waals surface area contributed by atoms with Gasteiger partial charge in [0, 0.05) is 7.05 Å². The van der Waals surface area contributed by atoms with E-state index in [1.54, 1.807) is 0 Å². The molecule has 2 aromatic heterocycles. The van der Waals surface area contributed by atoms with E-state index in [0.29, 0.717) is 0 Å². The Labute approximate surface area is 93.1 Å². The summed E-state index contributed by atoms with van der Waals surface area (Å²) in [5.74, 6) is -0.942. The van der Waals surface area contributed by atoms with Crippen molar-refractivity contribution in [3.8, 4) is 0 Å². The lowest BCUT2D eigenvalue weighted by molar-refractivity contribution is -0.134. The first-order valence-electron chi connectivity index (χ1n) is 4.63. The average molecular weight is 239 g/mol. The number of nitrogens with zero attached hydrogens (tertiary/aromatic N) is 2. The Balaban J connectivity index is 2.54. The molecule has 2 heterocycles. The maximum atomic E-state index is 11.4. The van der Waals surface area contributed by atoms with Crippen molar-refractivity contribution < 1.29 is 9.90 Å². The molecule has 0 amide bonds. The van der Waals surface area contributed by atoms with E-state index >= 15 is 0 Å². The minimum Gasteiger partial charge on any atom is -0.480 e. The van der Waals surface area contributed by atoms with Gasteiger partial charge in [0.05, 0.1) is 0 Å². The average Bonchev–Trinajstić information content (AvgIpc) is 2.68. The molecule has 0 spiro atoms. The van der Waals surface area contributed by atoms with Crippen molar-refractivity contribution >= 4 is 23.1 Å². The number of H-pyrrole nitrogens is 2. The molecule has 90 valence electrons. The van der Waals surface area contributed by atoms with Crippen molar-refractivity contribution in [1.29, 1.82) is 0 Å². The van der Waals surface area contributed by atoms with Gasteiger partial charge in [-0.1, -0.05) is 0 Å². The topological polar surface area (TPSA) is 133 Å². The molecule has 0 fully saturated rings. The zero-order valence-electron chi connectivity index (χ0n) is 8.77. The summed E-state index contributed by atoms with van der Waals surface area (Å²) in [6.45, 7) is -0.342. The van der Waals surface area contributed by atoms with Gasteiger partial charge >= 0.3 is 11.7 Å². The molecule has 4 N–H and O–H groups in total. The molecular weight excluding hydrogens is 230 g/mol. The number of carboxylic acids is 1. The number of hydrogen-bond donors (Lipinski definition) is 4. The fourth-order valence-corrected chi connectivity index (χ4v) is 1.35. The van der Waals surface area contributed by atoms with Crippen LogP contribution < -0.4 is 16.6 Å². The van der Waals surface area contributed by atoms with Gasteiger partial charge in [-0.25, -0.2) is 4.79 Å². The highest BCUT2D eigenvalue weighted by Gasteiger charge is 2.10. The summed E-state index contributed by atoms with van der Waals surface area (Å²) in [4.78, 5) is 41.6. The summed E-state index contributed by atoms with van der Waals surface area (Å²) >= 11 is 0. The van der Waals surface area contributed by atoms with Crippen LogP contribution in [0.4, 0.5) is 5.95 Å². The van der Waals surface area contributed by atoms with Gasteiger partial charge in [0.25, 0.3) is 5.56 Å². The number of aliphatic carboxylic acids is 1. The lowest BCUT2D eigenvalue weighted by Gasteiger charge is -1.95. The number of rotatable bonds is 3. The predicted molar refractivity (Wildman–Crippen MR) is 58.1 cm³/mol. The molecule has 2 rings (SSSR count). The van der Waals surface area contributed by atoms with E-state index in [1.165, 1.54) is 7.05 Å². The summed E-state index contributed by atoms with van der Waals surface area (Å²) < 4.78 is 1.15. The van der Waals surface area contributed by atoms with Crippen LogP contribution in [0.3, 0.4) is 0 Å². The molecule has 9 heteroatoms. The van der Waals surface area contributed by atoms with Crippen LogP contribution in [-0.2, 0) is 11.8 Å². The van der Waals surface area contributed by atoms with Gasteiger partial charge in [0.15, 0.2) is 11.2 Å². The van der Waals surface area contributed by atoms with Gasteiger partial charge in [-0.3, -0.25) is 19.1 Å². The van der Waals surface area contributed by atoms with Crippen molar-refractivity contribution in [2.45, 2.75) is 0 Å². The summed E-state index contributed by atoms with van der Waals surface area (Å²) in [6.07, 6.45) is 0. The third kappa shape index (κ3) is 1.89. The van der Waals surface area contributed by atoms with Crippen molar-refractivity contribution in [3.05, 3.63) is 20.8 Å². The fourth-order valence-electron chi connectivity index (χ4n) is 1.35. The van der Waals surface area contributed by atoms with E-state index in [4.69, 9.17) is 5.11 Å². The molecule has 0 aliphatic carbocycles. The minimum atomic E-state index is -1.06. The van der Waals surface area contributed by atoms with Gasteiger partial charge in [-0.05, 0) is 0 Å². The highest BCUT2D eigenvalue weighted by Crippen LogP contribution is 2.06. The Bertz CT molecular complexity index is 694. The SMILES string of the molecule is Cn1c(=O)[nH]c(=O)c2[nH]c(NCC(=O)O)nc21. The number of carboxylic acid groups (broad SMARTS) is 1. The van der Waals surface area contributed by atoms with Gasteiger partial charge in [-0.2, -0.15) is 4.98 Å². The molecule has 0 unspecified atom stereocenters. The molecule has 0 aromatic carbocycles. The van der Waals surface area contributed by atoms with E-state index < -0.39 is 17.2 Å². The number of carbonyl (C=O) groups is 1. The first-order chi connectivity index (χ1) is 7.99. The molecule has 0 radical (unpaired) electrons. The fraction of sp³-hybridized carbons (Fsp3) is 0.250. The van der Waals surface area contributed by atoms with Crippen LogP contribution in [-0.4, -0.2) is 37.1 Å². The number of anilines is 1. The quantitative estimate of drug-likeness (QED) is 0.512. The second-order valence-corrected chi connectivity index (χ2v) is 3.35. The van der Waals surface area contributed by atoms with Crippen LogP contribution in [0.25, 0.3) is 11.2 Å². The van der Waals surface area contributed by atoms with E-state index in [-0.39, 0.29) is 23.7 Å². The number of nitrogens with one attached hydrogen (secondary N) is 3. The van der Waals surface area contributed by atoms with Crippen LogP contribution >= 0.6 is 0 Å². The molecule has 0 saturated carbocycles. The molecule has 17 heavy (non-hydrogen) atoms. The van der Waals surface area contributed by atoms with E-state index in [9.17, 15) is 14.4 Å². The number of imidazole rings is 1. The van der Waals surface area contributed by atoms with Crippen molar-refractivity contribution in [2.75, 3.05) is 11.9 Å². The molecule has 0 atom stereocenters. The second kappa shape index (κ2) is 3.77. The first kappa shape index (κ1) is 10.9. The lowest BCUT2D eigenvalue weighted by atomic mass is 10.5. The van der Waals surface area contributed by atoms with E-state index in [2.05, 4.69) is 20.3 Å². The maximum Gasteiger partial charge on any atom is 0.329 e. The van der Waals surface area contributed by atoms with Crippen LogP contribution in [0.2, 0.25) is 0 Å². The zero-order valence-corrected chi connectivity index (χ0v) is 8.77. The van der Waals surface area contributed by atoms with E-state index in [1.807, 2.05) is 0 Å². The second-order valence-electron chi connectivity index (χ2n) is 3.35. The highest BCUT2D eigenvalue weighted by molar-refractivity contribution is 5.75. The minimum absolute atomic E-state index is 0.111. The molecule has 0 bridgehead atoms. The Morgan fingerprint density at radius 3 is 2.82 bits per heavy atom. The number of aromatic nitrogens is 4. The zero-order chi connectivity index (χ0) is 12.6. The molecule has 9 nitrogen and oxygen atoms in total. The van der Waals surface area contributed by atoms with Gasteiger partial charge in [-0.15, -0.1) is 0 Å². The van der Waals surface area contributed by atoms with Crippen molar-refractivity contribution in [3.63, 3.8) is 0 Å². The largest absolute Gasteiger partial charge is 0.480 e. The Morgan fingerprint density at radius 1 is 1.47 bits per heavy atom. The monoisotopic (exact) mass is 239 g/mol. The standard InChI is InChI=1S/C8H9N5O4/c1-13-5-4(6(16)12-8(13)17)10-7(11-5)9-2-3(14)15/h2H2,1H3,(H,14,15)(H2,9,10,11)(H,12,16,17).